The van der Waals surface area contributed by atoms with Crippen molar-refractivity contribution < 1.29 is 23.9 Å². The Bertz CT molecular complexity index is 1370. The molecule has 1 aliphatic rings. The van der Waals surface area contributed by atoms with E-state index in [1.165, 1.54) is 0 Å². The maximum absolute atomic E-state index is 13.4. The van der Waals surface area contributed by atoms with E-state index in [0.717, 1.165) is 22.3 Å². The van der Waals surface area contributed by atoms with Crippen LogP contribution in [0.2, 0.25) is 0 Å². The van der Waals surface area contributed by atoms with Gasteiger partial charge in [0.25, 0.3) is 0 Å². The van der Waals surface area contributed by atoms with Gasteiger partial charge in [-0.05, 0) is 47.9 Å². The Kier molecular flexibility index (Phi) is 11.7. The van der Waals surface area contributed by atoms with Crippen molar-refractivity contribution in [3.05, 3.63) is 107 Å². The Labute approximate surface area is 251 Å². The molecule has 0 fully saturated rings. The summed E-state index contributed by atoms with van der Waals surface area (Å²) in [5, 5.41) is 11.6. The number of carbonyl (C=O) groups is 4. The zero-order valence-electron chi connectivity index (χ0n) is 24.1. The standard InChI is InChI=1S/C33H39N5O5/c34-30(39)27(17-9-10-18-35-33(42)43-22-24-13-5-2-6-14-24)37-32(41)29(19-23-11-3-1-4-12-23)38-31(40)28-20-25-15-7-8-16-26(25)21-36-28/h1-8,11-16,27-29,36H,9-10,17-22H2,(H2,34,39)(H,35,42)(H,37,41)(H,38,40)/t27-,28-,29-/m0/s1. The number of unbranched alkanes of at least 4 members (excludes halogenated alkanes) is 1. The average Bonchev–Trinajstić information content (AvgIpc) is 3.03. The Morgan fingerprint density at radius 2 is 1.47 bits per heavy atom. The van der Waals surface area contributed by atoms with Gasteiger partial charge in [-0.25, -0.2) is 4.79 Å². The van der Waals surface area contributed by atoms with Gasteiger partial charge >= 0.3 is 6.09 Å². The number of alkyl carbamates (subject to hydrolysis) is 1. The number of fused-ring (bicyclic) bond motifs is 1. The molecule has 0 bridgehead atoms. The topological polar surface area (TPSA) is 152 Å². The fraction of sp³-hybridized carbons (Fsp3) is 0.333. The Balaban J connectivity index is 1.27. The van der Waals surface area contributed by atoms with Crippen LogP contribution in [0.4, 0.5) is 4.79 Å². The second kappa shape index (κ2) is 16.1. The van der Waals surface area contributed by atoms with E-state index in [1.807, 2.05) is 84.9 Å². The van der Waals surface area contributed by atoms with Crippen LogP contribution in [0, 0.1) is 0 Å². The predicted octanol–water partition coefficient (Wildman–Crippen LogP) is 2.50. The van der Waals surface area contributed by atoms with Gasteiger partial charge in [-0.2, -0.15) is 0 Å². The summed E-state index contributed by atoms with van der Waals surface area (Å²) >= 11 is 0. The molecule has 6 N–H and O–H groups in total. The second-order valence-corrected chi connectivity index (χ2v) is 10.6. The smallest absolute Gasteiger partial charge is 0.407 e. The van der Waals surface area contributed by atoms with E-state index in [1.54, 1.807) is 0 Å². The summed E-state index contributed by atoms with van der Waals surface area (Å²) in [6.07, 6.45) is 1.60. The van der Waals surface area contributed by atoms with Gasteiger partial charge < -0.3 is 31.7 Å². The molecule has 0 aromatic heterocycles. The highest BCUT2D eigenvalue weighted by molar-refractivity contribution is 5.93. The van der Waals surface area contributed by atoms with Crippen molar-refractivity contribution in [2.45, 2.75) is 63.4 Å². The molecule has 0 unspecified atom stereocenters. The summed E-state index contributed by atoms with van der Waals surface area (Å²) in [6.45, 7) is 1.08. The van der Waals surface area contributed by atoms with Gasteiger partial charge in [-0.1, -0.05) is 84.9 Å². The zero-order valence-corrected chi connectivity index (χ0v) is 24.1. The van der Waals surface area contributed by atoms with E-state index in [2.05, 4.69) is 21.3 Å². The van der Waals surface area contributed by atoms with Crippen LogP contribution < -0.4 is 27.0 Å². The van der Waals surface area contributed by atoms with E-state index in [4.69, 9.17) is 10.5 Å². The van der Waals surface area contributed by atoms with Crippen molar-refractivity contribution in [1.82, 2.24) is 21.3 Å². The number of nitrogens with two attached hydrogens (primary N) is 1. The molecule has 0 saturated heterocycles. The van der Waals surface area contributed by atoms with Crippen molar-refractivity contribution >= 4 is 23.8 Å². The first-order chi connectivity index (χ1) is 20.9. The molecule has 4 amide bonds. The fourth-order valence-electron chi connectivity index (χ4n) is 4.97. The molecule has 43 heavy (non-hydrogen) atoms. The van der Waals surface area contributed by atoms with Gasteiger partial charge in [0.05, 0.1) is 6.04 Å². The lowest BCUT2D eigenvalue weighted by Gasteiger charge is -2.28. The average molecular weight is 586 g/mol. The Hall–Kier alpha value is -4.70. The van der Waals surface area contributed by atoms with Crippen molar-refractivity contribution in [3.63, 3.8) is 0 Å². The number of hydrogen-bond acceptors (Lipinski definition) is 6. The molecule has 3 aromatic rings. The number of hydrogen-bond donors (Lipinski definition) is 5. The van der Waals surface area contributed by atoms with Crippen LogP contribution in [0.1, 0.15) is 41.5 Å². The van der Waals surface area contributed by atoms with E-state index in [9.17, 15) is 19.2 Å². The number of carbonyl (C=O) groups excluding carboxylic acids is 4. The molecule has 3 atom stereocenters. The number of rotatable bonds is 14. The molecule has 4 rings (SSSR count). The van der Waals surface area contributed by atoms with Crippen molar-refractivity contribution in [2.24, 2.45) is 5.73 Å². The van der Waals surface area contributed by atoms with Crippen LogP contribution in [-0.4, -0.2) is 48.5 Å². The van der Waals surface area contributed by atoms with Gasteiger partial charge in [0, 0.05) is 19.5 Å². The van der Waals surface area contributed by atoms with Crippen molar-refractivity contribution in [2.75, 3.05) is 6.54 Å². The molecule has 0 aliphatic carbocycles. The molecule has 0 radical (unpaired) electrons. The third-order valence-corrected chi connectivity index (χ3v) is 7.38. The minimum Gasteiger partial charge on any atom is -0.445 e. The van der Waals surface area contributed by atoms with Gasteiger partial charge in [0.15, 0.2) is 0 Å². The molecule has 3 aromatic carbocycles. The minimum absolute atomic E-state index is 0.174. The summed E-state index contributed by atoms with van der Waals surface area (Å²) in [5.41, 5.74) is 9.62. The van der Waals surface area contributed by atoms with Crippen LogP contribution in [0.5, 0.6) is 0 Å². The van der Waals surface area contributed by atoms with Crippen molar-refractivity contribution in [3.8, 4) is 0 Å². The lowest BCUT2D eigenvalue weighted by atomic mass is 9.95. The minimum atomic E-state index is -0.924. The van der Waals surface area contributed by atoms with Crippen LogP contribution in [0.15, 0.2) is 84.9 Å². The molecule has 10 nitrogen and oxygen atoms in total. The van der Waals surface area contributed by atoms with Gasteiger partial charge in [-0.3, -0.25) is 14.4 Å². The first-order valence-corrected chi connectivity index (χ1v) is 14.6. The number of primary amides is 1. The summed E-state index contributed by atoms with van der Waals surface area (Å²) in [6, 6.07) is 24.4. The van der Waals surface area contributed by atoms with Crippen LogP contribution in [0.25, 0.3) is 0 Å². The Morgan fingerprint density at radius 1 is 0.814 bits per heavy atom. The quantitative estimate of drug-likeness (QED) is 0.183. The summed E-state index contributed by atoms with van der Waals surface area (Å²) < 4.78 is 5.19. The third-order valence-electron chi connectivity index (χ3n) is 7.38. The molecule has 0 saturated carbocycles. The molecule has 1 heterocycles. The van der Waals surface area contributed by atoms with Crippen LogP contribution in [-0.2, 0) is 45.1 Å². The first-order valence-electron chi connectivity index (χ1n) is 14.6. The maximum Gasteiger partial charge on any atom is 0.407 e. The molecular weight excluding hydrogens is 546 g/mol. The molecule has 226 valence electrons. The molecule has 1 aliphatic heterocycles. The maximum atomic E-state index is 13.4. The number of nitrogens with one attached hydrogen (secondary N) is 4. The predicted molar refractivity (Wildman–Crippen MR) is 162 cm³/mol. The highest BCUT2D eigenvalue weighted by atomic mass is 16.5. The molecular formula is C33H39N5O5. The number of ether oxygens (including phenoxy) is 1. The summed E-state index contributed by atoms with van der Waals surface area (Å²) in [5.74, 6) is -1.44. The molecule has 0 spiro atoms. The van der Waals surface area contributed by atoms with Crippen LogP contribution in [0.3, 0.4) is 0 Å². The van der Waals surface area contributed by atoms with Gasteiger partial charge in [0.2, 0.25) is 17.7 Å². The largest absolute Gasteiger partial charge is 0.445 e. The monoisotopic (exact) mass is 585 g/mol. The zero-order chi connectivity index (χ0) is 30.4. The Morgan fingerprint density at radius 3 is 2.16 bits per heavy atom. The van der Waals surface area contributed by atoms with E-state index in [-0.39, 0.29) is 25.4 Å². The van der Waals surface area contributed by atoms with E-state index in [0.29, 0.717) is 32.4 Å². The highest BCUT2D eigenvalue weighted by Gasteiger charge is 2.30. The highest BCUT2D eigenvalue weighted by Crippen LogP contribution is 2.17. The first kappa shape index (κ1) is 31.2. The van der Waals surface area contributed by atoms with Crippen molar-refractivity contribution in [1.29, 1.82) is 0 Å². The van der Waals surface area contributed by atoms with Crippen LogP contribution >= 0.6 is 0 Å². The fourth-order valence-corrected chi connectivity index (χ4v) is 4.97. The summed E-state index contributed by atoms with van der Waals surface area (Å²) in [4.78, 5) is 50.9. The normalized spacial score (nSPS) is 15.3. The van der Waals surface area contributed by atoms with Gasteiger partial charge in [-0.15, -0.1) is 0 Å². The summed E-state index contributed by atoms with van der Waals surface area (Å²) in [7, 11) is 0. The molecule has 10 heteroatoms. The van der Waals surface area contributed by atoms with E-state index < -0.39 is 36.0 Å². The second-order valence-electron chi connectivity index (χ2n) is 10.6. The lowest BCUT2D eigenvalue weighted by molar-refractivity contribution is -0.132. The van der Waals surface area contributed by atoms with Gasteiger partial charge in [0.1, 0.15) is 18.7 Å². The number of benzene rings is 3. The SMILES string of the molecule is NC(=O)[C@H](CCCCNC(=O)OCc1ccccc1)NC(=O)[C@H](Cc1ccccc1)NC(=O)[C@@H]1Cc2ccccc2CN1. The number of amides is 4. The van der Waals surface area contributed by atoms with E-state index >= 15 is 0 Å². The third kappa shape index (κ3) is 9.96. The lowest BCUT2D eigenvalue weighted by Crippen LogP contribution is -2.57.